The van der Waals surface area contributed by atoms with Crippen LogP contribution in [0.1, 0.15) is 18.5 Å². The first-order valence-electron chi connectivity index (χ1n) is 9.39. The highest BCUT2D eigenvalue weighted by Gasteiger charge is 2.23. The fourth-order valence-electron chi connectivity index (χ4n) is 3.15. The molecular formula is C21H25FN4O2. The molecule has 1 aliphatic rings. The van der Waals surface area contributed by atoms with Gasteiger partial charge in [-0.1, -0.05) is 30.3 Å². The van der Waals surface area contributed by atoms with Gasteiger partial charge in [0.1, 0.15) is 5.82 Å². The molecule has 6 nitrogen and oxygen atoms in total. The Labute approximate surface area is 164 Å². The number of carbonyl (C=O) groups is 2. The Hall–Kier alpha value is -2.93. The molecule has 2 aromatic carbocycles. The molecule has 1 fully saturated rings. The van der Waals surface area contributed by atoms with Crippen molar-refractivity contribution in [3.63, 3.8) is 0 Å². The van der Waals surface area contributed by atoms with Gasteiger partial charge >= 0.3 is 6.03 Å². The van der Waals surface area contributed by atoms with E-state index in [1.807, 2.05) is 42.2 Å². The summed E-state index contributed by atoms with van der Waals surface area (Å²) in [6.07, 6.45) is 0. The molecule has 2 aromatic rings. The second-order valence-corrected chi connectivity index (χ2v) is 6.90. The van der Waals surface area contributed by atoms with Crippen LogP contribution in [0.25, 0.3) is 0 Å². The summed E-state index contributed by atoms with van der Waals surface area (Å²) in [4.78, 5) is 28.4. The van der Waals surface area contributed by atoms with Gasteiger partial charge in [0.05, 0.1) is 12.6 Å². The normalized spacial score (nSPS) is 15.7. The van der Waals surface area contributed by atoms with E-state index in [-0.39, 0.29) is 30.3 Å². The van der Waals surface area contributed by atoms with Gasteiger partial charge < -0.3 is 15.5 Å². The summed E-state index contributed by atoms with van der Waals surface area (Å²) < 4.78 is 12.9. The molecule has 0 radical (unpaired) electrons. The molecule has 0 aromatic heterocycles. The van der Waals surface area contributed by atoms with E-state index >= 15 is 0 Å². The van der Waals surface area contributed by atoms with Gasteiger partial charge in [-0.25, -0.2) is 9.18 Å². The number of nitrogens with zero attached hydrogens (tertiary/aromatic N) is 2. The maximum atomic E-state index is 12.9. The Morgan fingerprint density at radius 2 is 1.64 bits per heavy atom. The Bertz CT molecular complexity index is 790. The number of rotatable bonds is 5. The largest absolute Gasteiger partial charge is 0.331 e. The average Bonchev–Trinajstić information content (AvgIpc) is 2.71. The summed E-state index contributed by atoms with van der Waals surface area (Å²) in [6, 6.07) is 15.4. The first kappa shape index (κ1) is 19.8. The van der Waals surface area contributed by atoms with Crippen LogP contribution < -0.4 is 10.6 Å². The van der Waals surface area contributed by atoms with E-state index in [0.29, 0.717) is 31.9 Å². The van der Waals surface area contributed by atoms with E-state index in [0.717, 1.165) is 5.56 Å². The highest BCUT2D eigenvalue weighted by Crippen LogP contribution is 2.13. The molecule has 0 unspecified atom stereocenters. The minimum absolute atomic E-state index is 0.0618. The van der Waals surface area contributed by atoms with Crippen LogP contribution in [0.3, 0.4) is 0 Å². The summed E-state index contributed by atoms with van der Waals surface area (Å²) >= 11 is 0. The second-order valence-electron chi connectivity index (χ2n) is 6.90. The number of amides is 3. The monoisotopic (exact) mass is 384 g/mol. The van der Waals surface area contributed by atoms with Crippen molar-refractivity contribution in [1.82, 2.24) is 15.1 Å². The Kier molecular flexibility index (Phi) is 6.60. The van der Waals surface area contributed by atoms with E-state index in [2.05, 4.69) is 10.6 Å². The summed E-state index contributed by atoms with van der Waals surface area (Å²) in [5.74, 6) is -0.490. The fraction of sp³-hybridized carbons (Fsp3) is 0.333. The fourth-order valence-corrected chi connectivity index (χ4v) is 3.15. The number of nitrogens with one attached hydrogen (secondary N) is 2. The van der Waals surface area contributed by atoms with Gasteiger partial charge in [0.25, 0.3) is 0 Å². The van der Waals surface area contributed by atoms with Crippen molar-refractivity contribution in [1.29, 1.82) is 0 Å². The van der Waals surface area contributed by atoms with Gasteiger partial charge in [-0.3, -0.25) is 9.69 Å². The van der Waals surface area contributed by atoms with Crippen LogP contribution in [0, 0.1) is 5.82 Å². The van der Waals surface area contributed by atoms with Crippen molar-refractivity contribution in [2.75, 3.05) is 38.0 Å². The molecular weight excluding hydrogens is 359 g/mol. The van der Waals surface area contributed by atoms with Gasteiger partial charge in [0.2, 0.25) is 5.91 Å². The lowest BCUT2D eigenvalue weighted by atomic mass is 10.1. The van der Waals surface area contributed by atoms with E-state index in [1.54, 1.807) is 4.90 Å². The van der Waals surface area contributed by atoms with Gasteiger partial charge in [-0.2, -0.15) is 0 Å². The van der Waals surface area contributed by atoms with Crippen LogP contribution in [-0.2, 0) is 4.79 Å². The number of piperazine rings is 1. The standard InChI is InChI=1S/C21H25FN4O2/c1-16(17-5-3-2-4-6-17)23-21(28)26-13-11-25(12-14-26)15-20(27)24-19-9-7-18(22)8-10-19/h2-10,16H,11-15H2,1H3,(H,23,28)(H,24,27)/t16-/m1/s1. The van der Waals surface area contributed by atoms with Crippen LogP contribution in [0.5, 0.6) is 0 Å². The first-order chi connectivity index (χ1) is 13.5. The molecule has 0 bridgehead atoms. The Morgan fingerprint density at radius 1 is 1.00 bits per heavy atom. The molecule has 0 aliphatic carbocycles. The molecule has 3 amide bonds. The maximum absolute atomic E-state index is 12.9. The molecule has 3 rings (SSSR count). The van der Waals surface area contributed by atoms with Crippen molar-refractivity contribution < 1.29 is 14.0 Å². The van der Waals surface area contributed by atoms with Crippen molar-refractivity contribution in [3.8, 4) is 0 Å². The van der Waals surface area contributed by atoms with Gasteiger partial charge in [-0.05, 0) is 36.8 Å². The molecule has 28 heavy (non-hydrogen) atoms. The minimum atomic E-state index is -0.339. The Morgan fingerprint density at radius 3 is 2.29 bits per heavy atom. The number of urea groups is 1. The molecule has 0 spiro atoms. The summed E-state index contributed by atoms with van der Waals surface area (Å²) in [6.45, 7) is 4.60. The lowest BCUT2D eigenvalue weighted by Gasteiger charge is -2.35. The summed E-state index contributed by atoms with van der Waals surface area (Å²) in [5.41, 5.74) is 1.63. The second kappa shape index (κ2) is 9.32. The number of benzene rings is 2. The zero-order valence-electron chi connectivity index (χ0n) is 15.9. The van der Waals surface area contributed by atoms with Gasteiger partial charge in [0.15, 0.2) is 0 Å². The van der Waals surface area contributed by atoms with Gasteiger partial charge in [0, 0.05) is 31.9 Å². The number of halogens is 1. The molecule has 1 atom stereocenters. The van der Waals surface area contributed by atoms with Crippen molar-refractivity contribution in [3.05, 3.63) is 66.0 Å². The van der Waals surface area contributed by atoms with Crippen LogP contribution in [-0.4, -0.2) is 54.5 Å². The zero-order chi connectivity index (χ0) is 19.9. The maximum Gasteiger partial charge on any atom is 0.317 e. The van der Waals surface area contributed by atoms with Crippen molar-refractivity contribution >= 4 is 17.6 Å². The lowest BCUT2D eigenvalue weighted by Crippen LogP contribution is -2.53. The number of anilines is 1. The zero-order valence-corrected chi connectivity index (χ0v) is 15.9. The van der Waals surface area contributed by atoms with E-state index in [9.17, 15) is 14.0 Å². The molecule has 148 valence electrons. The van der Waals surface area contributed by atoms with Crippen LogP contribution in [0.15, 0.2) is 54.6 Å². The smallest absolute Gasteiger partial charge is 0.317 e. The van der Waals surface area contributed by atoms with E-state index in [4.69, 9.17) is 0 Å². The third kappa shape index (κ3) is 5.53. The van der Waals surface area contributed by atoms with Crippen LogP contribution >= 0.6 is 0 Å². The SMILES string of the molecule is C[C@@H](NC(=O)N1CCN(CC(=O)Nc2ccc(F)cc2)CC1)c1ccccc1. The number of hydrogen-bond donors (Lipinski definition) is 2. The first-order valence-corrected chi connectivity index (χ1v) is 9.39. The topological polar surface area (TPSA) is 64.7 Å². The molecule has 1 aliphatic heterocycles. The molecule has 1 heterocycles. The van der Waals surface area contributed by atoms with Crippen LogP contribution in [0.2, 0.25) is 0 Å². The minimum Gasteiger partial charge on any atom is -0.331 e. The molecule has 7 heteroatoms. The Balaban J connectivity index is 1.41. The molecule has 2 N–H and O–H groups in total. The number of carbonyl (C=O) groups excluding carboxylic acids is 2. The summed E-state index contributed by atoms with van der Waals surface area (Å²) in [5, 5.41) is 5.77. The third-order valence-electron chi connectivity index (χ3n) is 4.79. The molecule has 0 saturated carbocycles. The quantitative estimate of drug-likeness (QED) is 0.833. The average molecular weight is 384 g/mol. The molecule has 1 saturated heterocycles. The third-order valence-corrected chi connectivity index (χ3v) is 4.79. The predicted molar refractivity (Wildman–Crippen MR) is 106 cm³/mol. The highest BCUT2D eigenvalue weighted by molar-refractivity contribution is 5.92. The number of hydrogen-bond acceptors (Lipinski definition) is 3. The highest BCUT2D eigenvalue weighted by atomic mass is 19.1. The van der Waals surface area contributed by atoms with Crippen LogP contribution in [0.4, 0.5) is 14.9 Å². The van der Waals surface area contributed by atoms with Crippen molar-refractivity contribution in [2.45, 2.75) is 13.0 Å². The van der Waals surface area contributed by atoms with E-state index < -0.39 is 0 Å². The summed E-state index contributed by atoms with van der Waals surface area (Å²) in [7, 11) is 0. The van der Waals surface area contributed by atoms with E-state index in [1.165, 1.54) is 24.3 Å². The van der Waals surface area contributed by atoms with Gasteiger partial charge in [-0.15, -0.1) is 0 Å². The van der Waals surface area contributed by atoms with Crippen molar-refractivity contribution in [2.24, 2.45) is 0 Å². The lowest BCUT2D eigenvalue weighted by molar-refractivity contribution is -0.117. The predicted octanol–water partition coefficient (Wildman–Crippen LogP) is 2.85.